The van der Waals surface area contributed by atoms with Crippen LogP contribution in [0, 0.1) is 0 Å². The van der Waals surface area contributed by atoms with E-state index in [9.17, 15) is 18.0 Å². The van der Waals surface area contributed by atoms with Crippen LogP contribution in [0.1, 0.15) is 19.3 Å². The second-order valence-corrected chi connectivity index (χ2v) is 8.33. The lowest BCUT2D eigenvalue weighted by Gasteiger charge is -2.17. The molecule has 24 heavy (non-hydrogen) atoms. The summed E-state index contributed by atoms with van der Waals surface area (Å²) in [6, 6.07) is 6.73. The molecule has 0 spiro atoms. The van der Waals surface area contributed by atoms with Gasteiger partial charge in [0.15, 0.2) is 16.4 Å². The maximum Gasteiger partial charge on any atom is 0.258 e. The lowest BCUT2D eigenvalue weighted by molar-refractivity contribution is -0.123. The van der Waals surface area contributed by atoms with E-state index in [1.54, 1.807) is 23.1 Å². The summed E-state index contributed by atoms with van der Waals surface area (Å²) >= 11 is 0. The summed E-state index contributed by atoms with van der Waals surface area (Å²) in [5, 5.41) is 2.67. The molecule has 8 heteroatoms. The Kier molecular flexibility index (Phi) is 4.75. The monoisotopic (exact) mass is 352 g/mol. The van der Waals surface area contributed by atoms with Crippen molar-refractivity contribution in [1.29, 1.82) is 0 Å². The molecule has 3 rings (SSSR count). The van der Waals surface area contributed by atoms with Crippen LogP contribution in [0.25, 0.3) is 0 Å². The molecular formula is C16H20N2O5S. The van der Waals surface area contributed by atoms with E-state index in [-0.39, 0.29) is 36.0 Å². The van der Waals surface area contributed by atoms with Crippen molar-refractivity contribution in [3.63, 3.8) is 0 Å². The van der Waals surface area contributed by atoms with Gasteiger partial charge in [-0.3, -0.25) is 9.59 Å². The molecule has 0 aromatic heterocycles. The van der Waals surface area contributed by atoms with Gasteiger partial charge in [0.05, 0.1) is 11.5 Å². The van der Waals surface area contributed by atoms with Gasteiger partial charge in [0, 0.05) is 30.8 Å². The number of hydrogen-bond donors (Lipinski definition) is 1. The first kappa shape index (κ1) is 16.8. The molecule has 1 aromatic carbocycles. The zero-order valence-electron chi connectivity index (χ0n) is 13.2. The molecule has 1 N–H and O–H groups in total. The zero-order chi connectivity index (χ0) is 17.2. The first-order valence-corrected chi connectivity index (χ1v) is 9.78. The fourth-order valence-corrected chi connectivity index (χ4v) is 4.66. The summed E-state index contributed by atoms with van der Waals surface area (Å²) in [6.07, 6.45) is 1.84. The molecule has 2 aliphatic heterocycles. The lowest BCUT2D eigenvalue weighted by atomic mass is 10.2. The Labute approximate surface area is 140 Å². The molecule has 0 saturated carbocycles. The summed E-state index contributed by atoms with van der Waals surface area (Å²) in [4.78, 5) is 25.4. The Morgan fingerprint density at radius 1 is 1.38 bits per heavy atom. The number of ether oxygens (including phenoxy) is 1. The van der Waals surface area contributed by atoms with Gasteiger partial charge in [-0.05, 0) is 25.0 Å². The Bertz CT molecular complexity index is 747. The van der Waals surface area contributed by atoms with Crippen LogP contribution in [0.3, 0.4) is 0 Å². The van der Waals surface area contributed by atoms with E-state index in [0.29, 0.717) is 25.1 Å². The van der Waals surface area contributed by atoms with Gasteiger partial charge in [0.1, 0.15) is 5.75 Å². The van der Waals surface area contributed by atoms with Gasteiger partial charge in [-0.2, -0.15) is 0 Å². The first-order valence-electron chi connectivity index (χ1n) is 7.96. The number of carbonyl (C=O) groups is 2. The fourth-order valence-electron chi connectivity index (χ4n) is 2.99. The highest BCUT2D eigenvalue weighted by molar-refractivity contribution is 7.91. The van der Waals surface area contributed by atoms with Crippen molar-refractivity contribution >= 4 is 27.3 Å². The van der Waals surface area contributed by atoms with E-state index in [0.717, 1.165) is 12.1 Å². The Hall–Kier alpha value is -2.09. The van der Waals surface area contributed by atoms with Gasteiger partial charge in [-0.1, -0.05) is 6.07 Å². The molecule has 0 aliphatic carbocycles. The van der Waals surface area contributed by atoms with E-state index >= 15 is 0 Å². The van der Waals surface area contributed by atoms with Crippen molar-refractivity contribution in [2.24, 2.45) is 0 Å². The number of hydrogen-bond acceptors (Lipinski definition) is 5. The minimum atomic E-state index is -3.02. The van der Waals surface area contributed by atoms with Crippen LogP contribution in [0.4, 0.5) is 5.69 Å². The predicted octanol–water partition coefficient (Wildman–Crippen LogP) is 0.496. The average molecular weight is 352 g/mol. The molecule has 2 aliphatic rings. The Balaban J connectivity index is 1.53. The van der Waals surface area contributed by atoms with E-state index < -0.39 is 9.84 Å². The lowest BCUT2D eigenvalue weighted by Crippen LogP contribution is -2.38. The molecule has 2 amide bonds. The molecule has 7 nitrogen and oxygen atoms in total. The number of amides is 2. The quantitative estimate of drug-likeness (QED) is 0.833. The second-order valence-electron chi connectivity index (χ2n) is 6.10. The molecule has 2 saturated heterocycles. The van der Waals surface area contributed by atoms with Gasteiger partial charge >= 0.3 is 0 Å². The van der Waals surface area contributed by atoms with Gasteiger partial charge in [-0.25, -0.2) is 8.42 Å². The smallest absolute Gasteiger partial charge is 0.258 e. The normalized spacial score (nSPS) is 22.6. The van der Waals surface area contributed by atoms with E-state index in [4.69, 9.17) is 4.74 Å². The standard InChI is InChI=1S/C16H20N2O5S/c19-15(17-12-6-8-24(21,22)11-12)10-23-14-4-1-3-13(9-14)18-7-2-5-16(18)20/h1,3-4,9,12H,2,5-8,10-11H2,(H,17,19)/t12-/m0/s1. The summed E-state index contributed by atoms with van der Waals surface area (Å²) in [6.45, 7) is 0.507. The van der Waals surface area contributed by atoms with Crippen LogP contribution in [0.5, 0.6) is 5.75 Å². The number of rotatable bonds is 5. The fraction of sp³-hybridized carbons (Fsp3) is 0.500. The molecule has 1 aromatic rings. The molecule has 0 unspecified atom stereocenters. The molecule has 130 valence electrons. The van der Waals surface area contributed by atoms with E-state index in [2.05, 4.69) is 5.32 Å². The minimum absolute atomic E-state index is 0.00863. The highest BCUT2D eigenvalue weighted by atomic mass is 32.2. The van der Waals surface area contributed by atoms with Crippen LogP contribution >= 0.6 is 0 Å². The minimum Gasteiger partial charge on any atom is -0.484 e. The van der Waals surface area contributed by atoms with Gasteiger partial charge < -0.3 is 15.0 Å². The van der Waals surface area contributed by atoms with Gasteiger partial charge in [-0.15, -0.1) is 0 Å². The maximum atomic E-state index is 11.9. The van der Waals surface area contributed by atoms with Gasteiger partial charge in [0.2, 0.25) is 5.91 Å². The number of nitrogens with zero attached hydrogens (tertiary/aromatic N) is 1. The van der Waals surface area contributed by atoms with Crippen molar-refractivity contribution in [1.82, 2.24) is 5.32 Å². The Morgan fingerprint density at radius 2 is 2.21 bits per heavy atom. The maximum absolute atomic E-state index is 11.9. The van der Waals surface area contributed by atoms with Crippen molar-refractivity contribution < 1.29 is 22.7 Å². The Morgan fingerprint density at radius 3 is 2.88 bits per heavy atom. The largest absolute Gasteiger partial charge is 0.484 e. The van der Waals surface area contributed by atoms with Crippen LogP contribution in [-0.4, -0.2) is 50.9 Å². The molecule has 2 heterocycles. The summed E-state index contributed by atoms with van der Waals surface area (Å²) in [5.74, 6) is 0.351. The number of nitrogens with one attached hydrogen (secondary N) is 1. The second kappa shape index (κ2) is 6.80. The first-order chi connectivity index (χ1) is 11.4. The average Bonchev–Trinajstić information content (AvgIpc) is 3.11. The topological polar surface area (TPSA) is 92.8 Å². The van der Waals surface area contributed by atoms with Crippen LogP contribution in [-0.2, 0) is 19.4 Å². The number of benzene rings is 1. The molecule has 2 fully saturated rings. The number of sulfone groups is 1. The summed E-state index contributed by atoms with van der Waals surface area (Å²) in [5.41, 5.74) is 0.761. The predicted molar refractivity (Wildman–Crippen MR) is 88.7 cm³/mol. The third-order valence-electron chi connectivity index (χ3n) is 4.17. The van der Waals surface area contributed by atoms with Crippen molar-refractivity contribution in [3.8, 4) is 5.75 Å². The summed E-state index contributed by atoms with van der Waals surface area (Å²) in [7, 11) is -3.02. The SMILES string of the molecule is O=C(COc1cccc(N2CCCC2=O)c1)N[C@H]1CCS(=O)(=O)C1. The number of carbonyl (C=O) groups excluding carboxylic acids is 2. The van der Waals surface area contributed by atoms with E-state index in [1.165, 1.54) is 0 Å². The van der Waals surface area contributed by atoms with E-state index in [1.807, 2.05) is 6.07 Å². The van der Waals surface area contributed by atoms with Crippen molar-refractivity contribution in [2.45, 2.75) is 25.3 Å². The van der Waals surface area contributed by atoms with Crippen LogP contribution in [0.2, 0.25) is 0 Å². The van der Waals surface area contributed by atoms with Crippen LogP contribution < -0.4 is 15.0 Å². The molecular weight excluding hydrogens is 332 g/mol. The summed E-state index contributed by atoms with van der Waals surface area (Å²) < 4.78 is 28.2. The van der Waals surface area contributed by atoms with Gasteiger partial charge in [0.25, 0.3) is 5.91 Å². The van der Waals surface area contributed by atoms with Crippen LogP contribution in [0.15, 0.2) is 24.3 Å². The highest BCUT2D eigenvalue weighted by Crippen LogP contribution is 2.25. The number of anilines is 1. The highest BCUT2D eigenvalue weighted by Gasteiger charge is 2.29. The third kappa shape index (κ3) is 4.05. The molecule has 0 radical (unpaired) electrons. The zero-order valence-corrected chi connectivity index (χ0v) is 14.0. The third-order valence-corrected chi connectivity index (χ3v) is 5.94. The van der Waals surface area contributed by atoms with Crippen molar-refractivity contribution in [3.05, 3.63) is 24.3 Å². The molecule has 1 atom stereocenters. The van der Waals surface area contributed by atoms with Crippen molar-refractivity contribution in [2.75, 3.05) is 29.6 Å². The molecule has 0 bridgehead atoms.